The third kappa shape index (κ3) is 2.83. The molecule has 5 rings (SSSR count). The summed E-state index contributed by atoms with van der Waals surface area (Å²) in [7, 11) is 0. The van der Waals surface area contributed by atoms with Crippen LogP contribution in [0.15, 0.2) is 30.6 Å². The normalized spacial score (nSPS) is 14.5. The van der Waals surface area contributed by atoms with Crippen molar-refractivity contribution in [3.8, 4) is 5.75 Å². The van der Waals surface area contributed by atoms with Crippen molar-refractivity contribution in [2.45, 2.75) is 38.7 Å². The maximum Gasteiger partial charge on any atom is 0.189 e. The molecule has 0 unspecified atom stereocenters. The van der Waals surface area contributed by atoms with Gasteiger partial charge < -0.3 is 4.74 Å². The maximum absolute atomic E-state index is 5.91. The van der Waals surface area contributed by atoms with Crippen molar-refractivity contribution in [2.75, 3.05) is 0 Å². The van der Waals surface area contributed by atoms with E-state index in [1.807, 2.05) is 35.6 Å². The molecule has 0 N–H and O–H groups in total. The largest absolute Gasteiger partial charge is 0.486 e. The summed E-state index contributed by atoms with van der Waals surface area (Å²) in [6.07, 6.45) is 7.82. The minimum atomic E-state index is 0.317. The Labute approximate surface area is 159 Å². The topological polar surface area (TPSA) is 52.3 Å². The van der Waals surface area contributed by atoms with Gasteiger partial charge in [-0.25, -0.2) is 14.5 Å². The zero-order valence-corrected chi connectivity index (χ0v) is 15.7. The van der Waals surface area contributed by atoms with E-state index in [1.165, 1.54) is 35.1 Å². The number of benzene rings is 1. The molecule has 0 spiro atoms. The van der Waals surface area contributed by atoms with Crippen molar-refractivity contribution in [2.24, 2.45) is 0 Å². The second-order valence-electron chi connectivity index (χ2n) is 6.53. The highest BCUT2D eigenvalue weighted by Crippen LogP contribution is 2.36. The van der Waals surface area contributed by atoms with Crippen LogP contribution in [0.2, 0.25) is 5.02 Å². The molecule has 1 aliphatic carbocycles. The van der Waals surface area contributed by atoms with Crippen LogP contribution in [0.1, 0.15) is 35.5 Å². The summed E-state index contributed by atoms with van der Waals surface area (Å²) in [4.78, 5) is 11.9. The Kier molecular flexibility index (Phi) is 4.02. The Morgan fingerprint density at radius 1 is 1.12 bits per heavy atom. The van der Waals surface area contributed by atoms with Crippen LogP contribution in [-0.4, -0.2) is 19.6 Å². The van der Waals surface area contributed by atoms with Crippen LogP contribution in [0.25, 0.3) is 15.9 Å². The molecule has 0 fully saturated rings. The molecule has 132 valence electrons. The monoisotopic (exact) mass is 384 g/mol. The lowest BCUT2D eigenvalue weighted by molar-refractivity contribution is 0.296. The number of nitrogens with zero attached hydrogens (tertiary/aromatic N) is 4. The van der Waals surface area contributed by atoms with Gasteiger partial charge in [0.15, 0.2) is 11.5 Å². The summed E-state index contributed by atoms with van der Waals surface area (Å²) in [5.74, 6) is 1.41. The summed E-state index contributed by atoms with van der Waals surface area (Å²) in [5.41, 5.74) is 2.32. The average molecular weight is 385 g/mol. The second-order valence-corrected chi connectivity index (χ2v) is 8.05. The van der Waals surface area contributed by atoms with Gasteiger partial charge in [-0.05, 0) is 55.5 Å². The van der Waals surface area contributed by atoms with E-state index in [1.54, 1.807) is 10.8 Å². The second kappa shape index (κ2) is 6.52. The molecule has 3 heterocycles. The predicted octanol–water partition coefficient (Wildman–Crippen LogP) is 4.84. The SMILES string of the molecule is Clc1ccc(OCc2nc3c4c5c(sc4ncn3n2)CCCCC5)cc1. The lowest BCUT2D eigenvalue weighted by Gasteiger charge is -2.02. The van der Waals surface area contributed by atoms with E-state index in [0.29, 0.717) is 17.5 Å². The van der Waals surface area contributed by atoms with Crippen molar-refractivity contribution >= 4 is 38.8 Å². The third-order valence-corrected chi connectivity index (χ3v) is 6.22. The first kappa shape index (κ1) is 16.0. The van der Waals surface area contributed by atoms with Gasteiger partial charge in [0.05, 0.1) is 5.39 Å². The highest BCUT2D eigenvalue weighted by molar-refractivity contribution is 7.19. The maximum atomic E-state index is 5.91. The molecule has 4 aromatic rings. The summed E-state index contributed by atoms with van der Waals surface area (Å²) in [6.45, 7) is 0.317. The number of thiophene rings is 1. The van der Waals surface area contributed by atoms with Gasteiger partial charge in [-0.1, -0.05) is 18.0 Å². The van der Waals surface area contributed by atoms with E-state index < -0.39 is 0 Å². The van der Waals surface area contributed by atoms with Crippen molar-refractivity contribution in [3.05, 3.63) is 51.9 Å². The molecule has 1 aromatic carbocycles. The van der Waals surface area contributed by atoms with Gasteiger partial charge in [0.25, 0.3) is 0 Å². The molecular formula is C19H17ClN4OS. The van der Waals surface area contributed by atoms with Gasteiger partial charge in [-0.3, -0.25) is 0 Å². The number of hydrogen-bond acceptors (Lipinski definition) is 5. The van der Waals surface area contributed by atoms with Crippen LogP contribution in [0, 0.1) is 0 Å². The Hall–Kier alpha value is -2.18. The third-order valence-electron chi connectivity index (χ3n) is 4.77. The molecule has 5 nitrogen and oxygen atoms in total. The zero-order valence-electron chi connectivity index (χ0n) is 14.1. The molecule has 1 aliphatic rings. The van der Waals surface area contributed by atoms with Crippen LogP contribution in [0.3, 0.4) is 0 Å². The van der Waals surface area contributed by atoms with Crippen molar-refractivity contribution in [1.82, 2.24) is 19.6 Å². The Morgan fingerprint density at radius 2 is 1.96 bits per heavy atom. The van der Waals surface area contributed by atoms with Gasteiger partial charge in [0.1, 0.15) is 23.5 Å². The van der Waals surface area contributed by atoms with Crippen LogP contribution < -0.4 is 4.74 Å². The minimum Gasteiger partial charge on any atom is -0.486 e. The molecule has 3 aromatic heterocycles. The minimum absolute atomic E-state index is 0.317. The highest BCUT2D eigenvalue weighted by atomic mass is 35.5. The van der Waals surface area contributed by atoms with Gasteiger partial charge in [-0.2, -0.15) is 0 Å². The molecule has 7 heteroatoms. The molecular weight excluding hydrogens is 368 g/mol. The van der Waals surface area contributed by atoms with Crippen LogP contribution in [-0.2, 0) is 19.4 Å². The van der Waals surface area contributed by atoms with Crippen LogP contribution in [0.4, 0.5) is 0 Å². The van der Waals surface area contributed by atoms with E-state index in [-0.39, 0.29) is 0 Å². The van der Waals surface area contributed by atoms with E-state index in [4.69, 9.17) is 21.3 Å². The van der Waals surface area contributed by atoms with Gasteiger partial charge in [-0.15, -0.1) is 16.4 Å². The van der Waals surface area contributed by atoms with Gasteiger partial charge in [0, 0.05) is 9.90 Å². The Balaban J connectivity index is 1.51. The molecule has 26 heavy (non-hydrogen) atoms. The van der Waals surface area contributed by atoms with Gasteiger partial charge >= 0.3 is 0 Å². The number of aromatic nitrogens is 4. The molecule has 0 amide bonds. The Bertz CT molecular complexity index is 1090. The summed E-state index contributed by atoms with van der Waals surface area (Å²) in [6, 6.07) is 7.30. The first-order chi connectivity index (χ1) is 12.8. The van der Waals surface area contributed by atoms with E-state index in [2.05, 4.69) is 10.1 Å². The standard InChI is InChI=1S/C19H17ClN4OS/c20-12-6-8-13(9-7-12)25-10-16-22-18-17-14-4-2-1-3-5-15(14)26-19(17)21-11-24(18)23-16/h6-9,11H,1-5,10H2. The number of fused-ring (bicyclic) bond motifs is 5. The van der Waals surface area contributed by atoms with E-state index in [9.17, 15) is 0 Å². The summed E-state index contributed by atoms with van der Waals surface area (Å²) >= 11 is 7.72. The van der Waals surface area contributed by atoms with Crippen molar-refractivity contribution < 1.29 is 4.74 Å². The number of ether oxygens (including phenoxy) is 1. The molecule has 0 aliphatic heterocycles. The lowest BCUT2D eigenvalue weighted by Crippen LogP contribution is -1.98. The Morgan fingerprint density at radius 3 is 2.85 bits per heavy atom. The molecule has 0 atom stereocenters. The predicted molar refractivity (Wildman–Crippen MR) is 103 cm³/mol. The van der Waals surface area contributed by atoms with Crippen LogP contribution >= 0.6 is 22.9 Å². The fourth-order valence-electron chi connectivity index (χ4n) is 3.52. The van der Waals surface area contributed by atoms with Crippen molar-refractivity contribution in [3.63, 3.8) is 0 Å². The average Bonchev–Trinajstić information content (AvgIpc) is 3.14. The number of rotatable bonds is 3. The molecule has 0 saturated carbocycles. The van der Waals surface area contributed by atoms with E-state index >= 15 is 0 Å². The number of hydrogen-bond donors (Lipinski definition) is 0. The van der Waals surface area contributed by atoms with E-state index in [0.717, 1.165) is 29.1 Å². The summed E-state index contributed by atoms with van der Waals surface area (Å²) in [5, 5.41) is 6.41. The fourth-order valence-corrected chi connectivity index (χ4v) is 4.86. The zero-order chi connectivity index (χ0) is 17.5. The van der Waals surface area contributed by atoms with Crippen LogP contribution in [0.5, 0.6) is 5.75 Å². The van der Waals surface area contributed by atoms with Crippen molar-refractivity contribution in [1.29, 1.82) is 0 Å². The highest BCUT2D eigenvalue weighted by Gasteiger charge is 2.20. The fraction of sp³-hybridized carbons (Fsp3) is 0.316. The quantitative estimate of drug-likeness (QED) is 0.474. The summed E-state index contributed by atoms with van der Waals surface area (Å²) < 4.78 is 7.57. The molecule has 0 bridgehead atoms. The smallest absolute Gasteiger partial charge is 0.189 e. The first-order valence-electron chi connectivity index (χ1n) is 8.81. The number of aryl methyl sites for hydroxylation is 2. The molecule has 0 saturated heterocycles. The number of halogens is 1. The first-order valence-corrected chi connectivity index (χ1v) is 10.0. The van der Waals surface area contributed by atoms with Gasteiger partial charge in [0.2, 0.25) is 0 Å². The lowest BCUT2D eigenvalue weighted by atomic mass is 10.1. The molecule has 0 radical (unpaired) electrons.